The number of anilines is 1. The van der Waals surface area contributed by atoms with Crippen LogP contribution in [0.25, 0.3) is 0 Å². The molecule has 0 saturated carbocycles. The van der Waals surface area contributed by atoms with Crippen LogP contribution in [-0.2, 0) is 6.42 Å². The average Bonchev–Trinajstić information content (AvgIpc) is 2.80. The monoisotopic (exact) mass is 454 g/mol. The summed E-state index contributed by atoms with van der Waals surface area (Å²) in [7, 11) is 1.64. The second kappa shape index (κ2) is 9.26. The quantitative estimate of drug-likeness (QED) is 0.467. The highest BCUT2D eigenvalue weighted by atomic mass is 16.5. The number of carbonyl (C=O) groups excluding carboxylic acids is 2. The van der Waals surface area contributed by atoms with E-state index in [0.717, 1.165) is 34.6 Å². The number of ketones is 1. The van der Waals surface area contributed by atoms with Crippen LogP contribution in [-0.4, -0.2) is 30.1 Å². The summed E-state index contributed by atoms with van der Waals surface area (Å²) in [6.45, 7) is 8.09. The molecule has 0 fully saturated rings. The average molecular weight is 455 g/mol. The Hall–Kier alpha value is -3.73. The van der Waals surface area contributed by atoms with Gasteiger partial charge in [-0.3, -0.25) is 14.6 Å². The molecule has 0 bridgehead atoms. The van der Waals surface area contributed by atoms with Crippen LogP contribution in [0.1, 0.15) is 63.2 Å². The fourth-order valence-electron chi connectivity index (χ4n) is 4.36. The van der Waals surface area contributed by atoms with Crippen molar-refractivity contribution in [3.63, 3.8) is 0 Å². The number of ether oxygens (including phenoxy) is 1. The molecule has 1 N–H and O–H groups in total. The molecule has 0 aliphatic carbocycles. The summed E-state index contributed by atoms with van der Waals surface area (Å²) in [5, 5.41) is 2.92. The zero-order valence-corrected chi connectivity index (χ0v) is 20.4. The molecule has 1 amide bonds. The molecule has 0 radical (unpaired) electrons. The molecule has 0 spiro atoms. The number of carbonyl (C=O) groups is 2. The molecule has 1 heterocycles. The van der Waals surface area contributed by atoms with Gasteiger partial charge in [0.15, 0.2) is 5.78 Å². The highest BCUT2D eigenvalue weighted by molar-refractivity contribution is 6.17. The van der Waals surface area contributed by atoms with E-state index in [4.69, 9.17) is 9.73 Å². The molecule has 1 aliphatic heterocycles. The normalized spacial score (nSPS) is 14.1. The second-order valence-corrected chi connectivity index (χ2v) is 9.45. The van der Waals surface area contributed by atoms with E-state index in [1.807, 2.05) is 44.2 Å². The molecule has 1 aliphatic rings. The lowest BCUT2D eigenvalue weighted by Gasteiger charge is -2.29. The molecule has 4 rings (SSSR count). The summed E-state index contributed by atoms with van der Waals surface area (Å²) in [5.74, 6) is 0.574. The van der Waals surface area contributed by atoms with Crippen LogP contribution in [0, 0.1) is 13.8 Å². The van der Waals surface area contributed by atoms with E-state index >= 15 is 0 Å². The topological polar surface area (TPSA) is 67.8 Å². The molecule has 174 valence electrons. The van der Waals surface area contributed by atoms with Crippen molar-refractivity contribution in [3.8, 4) is 5.75 Å². The van der Waals surface area contributed by atoms with Gasteiger partial charge < -0.3 is 10.1 Å². The minimum absolute atomic E-state index is 0.0161. The lowest BCUT2D eigenvalue weighted by molar-refractivity contribution is 0.0998. The smallest absolute Gasteiger partial charge is 0.255 e. The number of hydrogen-bond acceptors (Lipinski definition) is 4. The maximum Gasteiger partial charge on any atom is 0.255 e. The molecule has 0 unspecified atom stereocenters. The fourth-order valence-corrected chi connectivity index (χ4v) is 4.36. The predicted molar refractivity (Wildman–Crippen MR) is 137 cm³/mol. The summed E-state index contributed by atoms with van der Waals surface area (Å²) in [6.07, 6.45) is 1.02. The van der Waals surface area contributed by atoms with Crippen molar-refractivity contribution < 1.29 is 14.3 Å². The Kier molecular flexibility index (Phi) is 6.38. The fraction of sp³-hybridized carbons (Fsp3) is 0.276. The third-order valence-electron chi connectivity index (χ3n) is 6.33. The van der Waals surface area contributed by atoms with Crippen molar-refractivity contribution in [2.75, 3.05) is 12.4 Å². The summed E-state index contributed by atoms with van der Waals surface area (Å²) in [6, 6.07) is 18.7. The van der Waals surface area contributed by atoms with E-state index in [0.29, 0.717) is 16.8 Å². The molecule has 0 aromatic heterocycles. The Morgan fingerprint density at radius 2 is 1.76 bits per heavy atom. The van der Waals surface area contributed by atoms with Gasteiger partial charge in [0.25, 0.3) is 5.91 Å². The number of fused-ring (bicyclic) bond motifs is 1. The lowest BCUT2D eigenvalue weighted by atomic mass is 9.85. The summed E-state index contributed by atoms with van der Waals surface area (Å²) in [5.41, 5.74) is 6.57. The van der Waals surface area contributed by atoms with Crippen molar-refractivity contribution >= 4 is 23.1 Å². The highest BCUT2D eigenvalue weighted by Gasteiger charge is 2.28. The number of aryl methyl sites for hydroxylation is 1. The zero-order chi connectivity index (χ0) is 24.5. The molecular formula is C29H30N2O3. The van der Waals surface area contributed by atoms with Crippen molar-refractivity contribution in [1.82, 2.24) is 0 Å². The minimum Gasteiger partial charge on any atom is -0.497 e. The number of amides is 1. The van der Waals surface area contributed by atoms with Gasteiger partial charge in [-0.15, -0.1) is 0 Å². The molecule has 3 aromatic rings. The first-order valence-corrected chi connectivity index (χ1v) is 11.4. The third-order valence-corrected chi connectivity index (χ3v) is 6.33. The number of methoxy groups -OCH3 is 1. The van der Waals surface area contributed by atoms with Gasteiger partial charge in [-0.05, 0) is 93.3 Å². The van der Waals surface area contributed by atoms with E-state index in [2.05, 4.69) is 25.2 Å². The third kappa shape index (κ3) is 4.93. The predicted octanol–water partition coefficient (Wildman–Crippen LogP) is 5.96. The number of nitrogens with one attached hydrogen (secondary N) is 1. The van der Waals surface area contributed by atoms with Crippen LogP contribution in [0.5, 0.6) is 5.75 Å². The van der Waals surface area contributed by atoms with Gasteiger partial charge in [0.2, 0.25) is 0 Å². The van der Waals surface area contributed by atoms with Crippen LogP contribution >= 0.6 is 0 Å². The van der Waals surface area contributed by atoms with E-state index in [-0.39, 0.29) is 23.7 Å². The van der Waals surface area contributed by atoms with Crippen molar-refractivity contribution in [2.24, 2.45) is 4.99 Å². The maximum absolute atomic E-state index is 13.1. The first kappa shape index (κ1) is 23.4. The van der Waals surface area contributed by atoms with Gasteiger partial charge in [-0.25, -0.2) is 0 Å². The first-order valence-electron chi connectivity index (χ1n) is 11.4. The van der Waals surface area contributed by atoms with Gasteiger partial charge >= 0.3 is 0 Å². The number of rotatable bonds is 6. The van der Waals surface area contributed by atoms with Crippen molar-refractivity contribution in [2.45, 2.75) is 46.1 Å². The Balaban J connectivity index is 1.51. The Labute approximate surface area is 200 Å². The van der Waals surface area contributed by atoms with Crippen molar-refractivity contribution in [3.05, 3.63) is 94.0 Å². The molecule has 0 saturated heterocycles. The molecule has 5 nitrogen and oxygen atoms in total. The molecule has 34 heavy (non-hydrogen) atoms. The number of nitrogens with zero attached hydrogens (tertiary/aromatic N) is 1. The lowest BCUT2D eigenvalue weighted by Crippen LogP contribution is -2.30. The second-order valence-electron chi connectivity index (χ2n) is 9.45. The Morgan fingerprint density at radius 3 is 2.47 bits per heavy atom. The minimum atomic E-state index is -0.265. The van der Waals surface area contributed by atoms with E-state index in [9.17, 15) is 9.59 Å². The molecule has 5 heteroatoms. The Morgan fingerprint density at radius 1 is 1.03 bits per heavy atom. The zero-order valence-electron chi connectivity index (χ0n) is 20.4. The SMILES string of the molecule is COc1ccc2c(c1)C(CC(=O)c1ccc(NC(=O)c3cccc(C)c3C)cc1)=NC(C)(C)C2. The van der Waals surface area contributed by atoms with Crippen LogP contribution in [0.15, 0.2) is 65.7 Å². The largest absolute Gasteiger partial charge is 0.497 e. The van der Waals surface area contributed by atoms with Crippen LogP contribution in [0.2, 0.25) is 0 Å². The van der Waals surface area contributed by atoms with Crippen LogP contribution < -0.4 is 10.1 Å². The number of Topliss-reactive ketones (excluding diaryl/α,β-unsaturated/α-hetero) is 1. The van der Waals surface area contributed by atoms with Gasteiger partial charge in [0.1, 0.15) is 5.75 Å². The molecular weight excluding hydrogens is 424 g/mol. The summed E-state index contributed by atoms with van der Waals surface area (Å²) < 4.78 is 5.39. The van der Waals surface area contributed by atoms with E-state index in [1.54, 1.807) is 31.4 Å². The van der Waals surface area contributed by atoms with Crippen molar-refractivity contribution in [1.29, 1.82) is 0 Å². The summed E-state index contributed by atoms with van der Waals surface area (Å²) in [4.78, 5) is 30.7. The molecule has 3 aromatic carbocycles. The van der Waals surface area contributed by atoms with E-state index < -0.39 is 0 Å². The summed E-state index contributed by atoms with van der Waals surface area (Å²) >= 11 is 0. The highest BCUT2D eigenvalue weighted by Crippen LogP contribution is 2.31. The number of benzene rings is 3. The van der Waals surface area contributed by atoms with Gasteiger partial charge in [-0.1, -0.05) is 18.2 Å². The maximum atomic E-state index is 13.1. The number of aliphatic imine (C=N–C) groups is 1. The number of hydrogen-bond donors (Lipinski definition) is 1. The Bertz CT molecular complexity index is 1290. The first-order chi connectivity index (χ1) is 16.2. The van der Waals surface area contributed by atoms with Gasteiger partial charge in [0.05, 0.1) is 24.8 Å². The van der Waals surface area contributed by atoms with Crippen LogP contribution in [0.3, 0.4) is 0 Å². The molecule has 0 atom stereocenters. The van der Waals surface area contributed by atoms with E-state index in [1.165, 1.54) is 5.56 Å². The van der Waals surface area contributed by atoms with Gasteiger partial charge in [0, 0.05) is 22.4 Å². The van der Waals surface area contributed by atoms with Gasteiger partial charge in [-0.2, -0.15) is 0 Å². The van der Waals surface area contributed by atoms with Crippen LogP contribution in [0.4, 0.5) is 5.69 Å². The standard InChI is InChI=1S/C29H30N2O3/c1-18-7-6-8-24(19(18)2)28(33)30-22-12-9-20(10-13-22)27(32)16-26-25-15-23(34-5)14-11-21(25)17-29(3,4)31-26/h6-15H,16-17H2,1-5H3,(H,30,33).